The zero-order valence-electron chi connectivity index (χ0n) is 12.6. The zero-order valence-corrected chi connectivity index (χ0v) is 14.2. The molecule has 0 aliphatic carbocycles. The molecule has 0 spiro atoms. The number of aryl methyl sites for hydroxylation is 1. The smallest absolute Gasteiger partial charge is 0.144 e. The van der Waals surface area contributed by atoms with Crippen LogP contribution < -0.4 is 4.74 Å². The lowest BCUT2D eigenvalue weighted by Gasteiger charge is -2.14. The van der Waals surface area contributed by atoms with Crippen LogP contribution in [0.15, 0.2) is 16.9 Å². The highest BCUT2D eigenvalue weighted by atomic mass is 79.9. The van der Waals surface area contributed by atoms with Crippen molar-refractivity contribution in [3.63, 3.8) is 0 Å². The molecule has 19 heavy (non-hydrogen) atoms. The summed E-state index contributed by atoms with van der Waals surface area (Å²) in [4.78, 5) is 0. The molecule has 0 N–H and O–H groups in total. The van der Waals surface area contributed by atoms with Crippen LogP contribution in [0.1, 0.15) is 51.7 Å². The SMILES string of the molecule is CC.CCOc1cnn2c(Br)c(C)cc2c1C(C)C. The largest absolute Gasteiger partial charge is 0.492 e. The Hall–Kier alpha value is -1.03. The number of fused-ring (bicyclic) bond motifs is 1. The standard InChI is InChI=1S/C13H17BrN2O.C2H6/c1-5-17-11-7-15-16-10(12(11)8(2)3)6-9(4)13(16)14;1-2/h6-8H,5H2,1-4H3;1-2H3. The van der Waals surface area contributed by atoms with Crippen molar-refractivity contribution < 1.29 is 4.74 Å². The second kappa shape index (κ2) is 6.94. The fourth-order valence-electron chi connectivity index (χ4n) is 2.06. The van der Waals surface area contributed by atoms with Crippen molar-refractivity contribution in [3.8, 4) is 5.75 Å². The molecular formula is C15H23BrN2O. The highest BCUT2D eigenvalue weighted by molar-refractivity contribution is 9.10. The summed E-state index contributed by atoms with van der Waals surface area (Å²) in [5.74, 6) is 1.29. The van der Waals surface area contributed by atoms with Crippen LogP contribution in [0.5, 0.6) is 5.75 Å². The predicted octanol–water partition coefficient (Wildman–Crippen LogP) is 4.95. The molecule has 0 bridgehead atoms. The average molecular weight is 327 g/mol. The molecule has 2 aromatic heterocycles. The molecule has 106 valence electrons. The Morgan fingerprint density at radius 1 is 1.37 bits per heavy atom. The van der Waals surface area contributed by atoms with E-state index in [1.54, 1.807) is 6.20 Å². The number of nitrogens with zero attached hydrogens (tertiary/aromatic N) is 2. The topological polar surface area (TPSA) is 26.5 Å². The van der Waals surface area contributed by atoms with E-state index in [1.807, 2.05) is 25.3 Å². The van der Waals surface area contributed by atoms with E-state index in [2.05, 4.69) is 47.9 Å². The van der Waals surface area contributed by atoms with Crippen LogP contribution >= 0.6 is 15.9 Å². The van der Waals surface area contributed by atoms with Gasteiger partial charge in [-0.1, -0.05) is 27.7 Å². The first kappa shape index (κ1) is 16.0. The summed E-state index contributed by atoms with van der Waals surface area (Å²) in [5.41, 5.74) is 3.53. The van der Waals surface area contributed by atoms with Gasteiger partial charge in [-0.3, -0.25) is 0 Å². The van der Waals surface area contributed by atoms with Gasteiger partial charge in [0.25, 0.3) is 0 Å². The minimum atomic E-state index is 0.406. The third-order valence-electron chi connectivity index (χ3n) is 2.80. The fraction of sp³-hybridized carbons (Fsp3) is 0.533. The minimum Gasteiger partial charge on any atom is -0.492 e. The maximum Gasteiger partial charge on any atom is 0.144 e. The molecule has 0 aromatic carbocycles. The number of rotatable bonds is 3. The monoisotopic (exact) mass is 326 g/mol. The summed E-state index contributed by atoms with van der Waals surface area (Å²) in [6.45, 7) is 13.1. The van der Waals surface area contributed by atoms with E-state index in [4.69, 9.17) is 4.74 Å². The van der Waals surface area contributed by atoms with Gasteiger partial charge in [0.1, 0.15) is 10.4 Å². The Morgan fingerprint density at radius 2 is 2.00 bits per heavy atom. The van der Waals surface area contributed by atoms with Gasteiger partial charge in [0.05, 0.1) is 18.3 Å². The first-order valence-electron chi connectivity index (χ1n) is 6.85. The van der Waals surface area contributed by atoms with Crippen molar-refractivity contribution in [1.29, 1.82) is 0 Å². The van der Waals surface area contributed by atoms with Crippen LogP contribution in [0.3, 0.4) is 0 Å². The first-order valence-corrected chi connectivity index (χ1v) is 7.65. The normalized spacial score (nSPS) is 10.5. The van der Waals surface area contributed by atoms with Gasteiger partial charge in [-0.25, -0.2) is 4.52 Å². The molecule has 0 amide bonds. The Labute approximate surface area is 124 Å². The van der Waals surface area contributed by atoms with Gasteiger partial charge >= 0.3 is 0 Å². The molecule has 2 heterocycles. The first-order chi connectivity index (χ1) is 9.06. The minimum absolute atomic E-state index is 0.406. The quantitative estimate of drug-likeness (QED) is 0.797. The van der Waals surface area contributed by atoms with E-state index >= 15 is 0 Å². The molecule has 3 nitrogen and oxygen atoms in total. The molecule has 0 aliphatic heterocycles. The summed E-state index contributed by atoms with van der Waals surface area (Å²) in [7, 11) is 0. The van der Waals surface area contributed by atoms with Crippen LogP contribution in [0.25, 0.3) is 5.52 Å². The van der Waals surface area contributed by atoms with E-state index in [9.17, 15) is 0 Å². The van der Waals surface area contributed by atoms with E-state index in [1.165, 1.54) is 11.1 Å². The zero-order chi connectivity index (χ0) is 14.6. The highest BCUT2D eigenvalue weighted by Gasteiger charge is 2.16. The molecule has 0 atom stereocenters. The van der Waals surface area contributed by atoms with Crippen LogP contribution in [0.2, 0.25) is 0 Å². The molecule has 0 unspecified atom stereocenters. The van der Waals surface area contributed by atoms with Crippen molar-refractivity contribution in [2.24, 2.45) is 0 Å². The lowest BCUT2D eigenvalue weighted by molar-refractivity contribution is 0.333. The van der Waals surface area contributed by atoms with Crippen LogP contribution in [0, 0.1) is 6.92 Å². The molecule has 0 fully saturated rings. The van der Waals surface area contributed by atoms with Gasteiger partial charge in [-0.2, -0.15) is 5.10 Å². The second-order valence-electron chi connectivity index (χ2n) is 4.43. The van der Waals surface area contributed by atoms with Crippen molar-refractivity contribution in [1.82, 2.24) is 9.61 Å². The molecule has 4 heteroatoms. The number of halogens is 1. The van der Waals surface area contributed by atoms with Gasteiger partial charge in [-0.15, -0.1) is 0 Å². The molecule has 2 rings (SSSR count). The predicted molar refractivity (Wildman–Crippen MR) is 84.2 cm³/mol. The summed E-state index contributed by atoms with van der Waals surface area (Å²) in [6.07, 6.45) is 1.80. The summed E-state index contributed by atoms with van der Waals surface area (Å²) in [6, 6.07) is 2.15. The molecule has 0 saturated heterocycles. The van der Waals surface area contributed by atoms with Crippen molar-refractivity contribution in [3.05, 3.63) is 28.0 Å². The summed E-state index contributed by atoms with van der Waals surface area (Å²) in [5, 5.41) is 4.41. The Balaban J connectivity index is 0.000000861. The number of hydrogen-bond donors (Lipinski definition) is 0. The second-order valence-corrected chi connectivity index (χ2v) is 5.18. The van der Waals surface area contributed by atoms with Gasteiger partial charge in [0.2, 0.25) is 0 Å². The maximum absolute atomic E-state index is 5.66. The van der Waals surface area contributed by atoms with Crippen LogP contribution in [-0.2, 0) is 0 Å². The lowest BCUT2D eigenvalue weighted by atomic mass is 10.0. The Bertz CT molecular complexity index is 547. The molecule has 0 saturated carbocycles. The Morgan fingerprint density at radius 3 is 2.53 bits per heavy atom. The van der Waals surface area contributed by atoms with Gasteiger partial charge in [0, 0.05) is 5.56 Å². The van der Waals surface area contributed by atoms with E-state index < -0.39 is 0 Å². The lowest BCUT2D eigenvalue weighted by Crippen LogP contribution is -2.03. The number of ether oxygens (including phenoxy) is 1. The third-order valence-corrected chi connectivity index (χ3v) is 3.76. The van der Waals surface area contributed by atoms with E-state index in [0.717, 1.165) is 15.9 Å². The summed E-state index contributed by atoms with van der Waals surface area (Å²) < 4.78 is 8.60. The van der Waals surface area contributed by atoms with Crippen molar-refractivity contribution in [2.75, 3.05) is 6.61 Å². The van der Waals surface area contributed by atoms with E-state index in [0.29, 0.717) is 12.5 Å². The van der Waals surface area contributed by atoms with Gasteiger partial charge < -0.3 is 4.74 Å². The number of hydrogen-bond acceptors (Lipinski definition) is 2. The molecule has 0 radical (unpaired) electrons. The summed E-state index contributed by atoms with van der Waals surface area (Å²) >= 11 is 3.56. The molecule has 2 aromatic rings. The number of aromatic nitrogens is 2. The average Bonchev–Trinajstić information content (AvgIpc) is 2.67. The van der Waals surface area contributed by atoms with Crippen molar-refractivity contribution >= 4 is 21.4 Å². The Kier molecular flexibility index (Phi) is 5.85. The molecule has 0 aliphatic rings. The van der Waals surface area contributed by atoms with Crippen LogP contribution in [0.4, 0.5) is 0 Å². The maximum atomic E-state index is 5.66. The van der Waals surface area contributed by atoms with Gasteiger partial charge in [0.15, 0.2) is 0 Å². The highest BCUT2D eigenvalue weighted by Crippen LogP contribution is 2.33. The van der Waals surface area contributed by atoms with Crippen LogP contribution in [-0.4, -0.2) is 16.2 Å². The third kappa shape index (κ3) is 3.11. The van der Waals surface area contributed by atoms with E-state index in [-0.39, 0.29) is 0 Å². The van der Waals surface area contributed by atoms with Crippen molar-refractivity contribution in [2.45, 2.75) is 47.5 Å². The molecular weight excluding hydrogens is 304 g/mol. The van der Waals surface area contributed by atoms with Gasteiger partial charge in [-0.05, 0) is 47.3 Å². The fourth-order valence-corrected chi connectivity index (χ4v) is 2.46.